The lowest BCUT2D eigenvalue weighted by molar-refractivity contribution is 0.0918. The van der Waals surface area contributed by atoms with Crippen molar-refractivity contribution in [2.75, 3.05) is 31.3 Å². The van der Waals surface area contributed by atoms with E-state index in [9.17, 15) is 18.3 Å². The third-order valence-corrected chi connectivity index (χ3v) is 8.22. The third kappa shape index (κ3) is 8.16. The normalized spacial score (nSPS) is 15.3. The van der Waals surface area contributed by atoms with Crippen LogP contribution in [0.5, 0.6) is 0 Å². The number of nitrogen functional groups attached to an aromatic ring is 1. The Labute approximate surface area is 217 Å². The molecule has 0 aliphatic carbocycles. The fourth-order valence-corrected chi connectivity index (χ4v) is 6.07. The second-order valence-electron chi connectivity index (χ2n) is 8.98. The molecular weight excluding hydrogens is 500 g/mol. The number of aliphatic hydroxyl groups is 1. The summed E-state index contributed by atoms with van der Waals surface area (Å²) in [7, 11) is -3.94. The maximum absolute atomic E-state index is 13.4. The van der Waals surface area contributed by atoms with Gasteiger partial charge in [-0.1, -0.05) is 50.2 Å². The van der Waals surface area contributed by atoms with E-state index < -0.39 is 28.3 Å². The Morgan fingerprint density at radius 2 is 1.94 bits per heavy atom. The van der Waals surface area contributed by atoms with Crippen molar-refractivity contribution in [2.24, 2.45) is 5.92 Å². The molecule has 0 bridgehead atoms. The number of anilines is 1. The second kappa shape index (κ2) is 13.0. The van der Waals surface area contributed by atoms with Gasteiger partial charge in [0.1, 0.15) is 6.61 Å². The zero-order valence-corrected chi connectivity index (χ0v) is 22.1. The summed E-state index contributed by atoms with van der Waals surface area (Å²) >= 11 is 1.54. The van der Waals surface area contributed by atoms with Crippen molar-refractivity contribution in [1.29, 1.82) is 0 Å². The summed E-state index contributed by atoms with van der Waals surface area (Å²) < 4.78 is 33.5. The van der Waals surface area contributed by atoms with Crippen LogP contribution < -0.4 is 16.4 Å². The number of sulfonamides is 1. The Morgan fingerprint density at radius 3 is 2.58 bits per heavy atom. The molecule has 36 heavy (non-hydrogen) atoms. The van der Waals surface area contributed by atoms with Crippen LogP contribution in [0, 0.1) is 5.92 Å². The van der Waals surface area contributed by atoms with Crippen molar-refractivity contribution in [2.45, 2.75) is 37.3 Å². The number of amides is 1. The molecule has 1 amide bonds. The number of hydrogen-bond acceptors (Lipinski definition) is 8. The molecule has 0 fully saturated rings. The number of nitrogens with zero attached hydrogens (tertiary/aromatic N) is 1. The monoisotopic (exact) mass is 534 g/mol. The Hall–Kier alpha value is -2.73. The highest BCUT2D eigenvalue weighted by Crippen LogP contribution is 2.21. The zero-order valence-electron chi connectivity index (χ0n) is 20.5. The van der Waals surface area contributed by atoms with Gasteiger partial charge in [0, 0.05) is 29.9 Å². The molecule has 2 aromatic carbocycles. The van der Waals surface area contributed by atoms with Crippen LogP contribution in [-0.4, -0.2) is 61.6 Å². The number of hydrogen-bond donors (Lipinski definition) is 4. The molecule has 0 saturated heterocycles. The summed E-state index contributed by atoms with van der Waals surface area (Å²) in [5.74, 6) is 0.729. The van der Waals surface area contributed by atoms with Gasteiger partial charge in [0.25, 0.3) is 0 Å². The van der Waals surface area contributed by atoms with E-state index in [-0.39, 0.29) is 30.5 Å². The van der Waals surface area contributed by atoms with E-state index in [4.69, 9.17) is 10.5 Å². The lowest BCUT2D eigenvalue weighted by Gasteiger charge is -2.30. The summed E-state index contributed by atoms with van der Waals surface area (Å²) in [5.41, 5.74) is 7.03. The molecule has 2 aromatic rings. The molecule has 11 heteroatoms. The molecule has 0 unspecified atom stereocenters. The molecule has 0 spiro atoms. The van der Waals surface area contributed by atoms with Crippen molar-refractivity contribution in [3.05, 3.63) is 71.3 Å². The first-order chi connectivity index (χ1) is 17.1. The maximum atomic E-state index is 13.4. The highest BCUT2D eigenvalue weighted by atomic mass is 32.2. The first kappa shape index (κ1) is 27.9. The maximum Gasteiger partial charge on any atom is 0.407 e. The van der Waals surface area contributed by atoms with E-state index in [1.54, 1.807) is 30.1 Å². The Bertz CT molecular complexity index is 1140. The molecule has 9 nitrogen and oxygen atoms in total. The van der Waals surface area contributed by atoms with E-state index in [0.29, 0.717) is 12.1 Å². The third-order valence-electron chi connectivity index (χ3n) is 5.47. The van der Waals surface area contributed by atoms with Gasteiger partial charge in [0.15, 0.2) is 0 Å². The molecular formula is C25H34N4O5S2. The summed E-state index contributed by atoms with van der Waals surface area (Å²) in [6, 6.07) is 14.7. The van der Waals surface area contributed by atoms with Crippen molar-refractivity contribution in [1.82, 2.24) is 14.9 Å². The van der Waals surface area contributed by atoms with Gasteiger partial charge in [-0.15, -0.1) is 11.8 Å². The van der Waals surface area contributed by atoms with E-state index >= 15 is 0 Å². The molecule has 5 N–H and O–H groups in total. The van der Waals surface area contributed by atoms with Crippen molar-refractivity contribution in [3.63, 3.8) is 0 Å². The minimum absolute atomic E-state index is 0.00401. The Morgan fingerprint density at radius 1 is 1.19 bits per heavy atom. The van der Waals surface area contributed by atoms with E-state index in [1.807, 2.05) is 44.2 Å². The minimum atomic E-state index is -3.94. The second-order valence-corrected chi connectivity index (χ2v) is 12.0. The van der Waals surface area contributed by atoms with Crippen LogP contribution in [0.15, 0.2) is 70.6 Å². The number of alkyl carbamates (subject to hydrolysis) is 1. The topological polar surface area (TPSA) is 134 Å². The number of nitrogens with two attached hydrogens (primary N) is 1. The molecule has 0 radical (unpaired) electrons. The largest absolute Gasteiger partial charge is 0.444 e. The Kier molecular flexibility index (Phi) is 10.1. The predicted octanol–water partition coefficient (Wildman–Crippen LogP) is 2.75. The number of nitrogens with one attached hydrogen (secondary N) is 2. The molecule has 2 atom stereocenters. The van der Waals surface area contributed by atoms with Gasteiger partial charge in [0.05, 0.1) is 22.9 Å². The van der Waals surface area contributed by atoms with Crippen LogP contribution >= 0.6 is 11.8 Å². The van der Waals surface area contributed by atoms with Crippen molar-refractivity contribution in [3.8, 4) is 0 Å². The fraction of sp³-hybridized carbons (Fsp3) is 0.400. The minimum Gasteiger partial charge on any atom is -0.444 e. The predicted molar refractivity (Wildman–Crippen MR) is 143 cm³/mol. The summed E-state index contributed by atoms with van der Waals surface area (Å²) in [5, 5.41) is 17.0. The van der Waals surface area contributed by atoms with Gasteiger partial charge in [0.2, 0.25) is 10.0 Å². The quantitative estimate of drug-likeness (QED) is 0.306. The SMILES string of the molecule is CC(C)CN(C[C@@H](O)[C@H](Cc1ccccc1)NC(=O)OCC1=CNCS1)S(=O)(=O)c1cccc(N)c1. The molecule has 1 aliphatic heterocycles. The van der Waals surface area contributed by atoms with Gasteiger partial charge >= 0.3 is 6.09 Å². The molecule has 0 aromatic heterocycles. The number of ether oxygens (including phenoxy) is 1. The van der Waals surface area contributed by atoms with Crippen LogP contribution in [0.3, 0.4) is 0 Å². The average Bonchev–Trinajstić information content (AvgIpc) is 3.36. The molecule has 3 rings (SSSR count). The number of carbonyl (C=O) groups is 1. The van der Waals surface area contributed by atoms with Gasteiger partial charge in [-0.25, -0.2) is 13.2 Å². The molecule has 1 aliphatic rings. The standard InChI is InChI=1S/C25H34N4O5S2/c1-18(2)14-29(36(32,33)22-10-6-9-20(26)12-22)15-24(30)23(11-19-7-4-3-5-8-19)28-25(31)34-16-21-13-27-17-35-21/h3-10,12-13,18,23-24,27,30H,11,14-17,26H2,1-2H3,(H,28,31)/t23-,24+/m0/s1. The molecule has 0 saturated carbocycles. The summed E-state index contributed by atoms with van der Waals surface area (Å²) in [6.45, 7) is 3.89. The number of benzene rings is 2. The highest BCUT2D eigenvalue weighted by Gasteiger charge is 2.31. The Balaban J connectivity index is 1.78. The zero-order chi connectivity index (χ0) is 26.1. The number of carbonyl (C=O) groups excluding carboxylic acids is 1. The lowest BCUT2D eigenvalue weighted by Crippen LogP contribution is -2.51. The van der Waals surface area contributed by atoms with Crippen LogP contribution in [0.25, 0.3) is 0 Å². The first-order valence-electron chi connectivity index (χ1n) is 11.7. The van der Waals surface area contributed by atoms with Crippen LogP contribution in [0.2, 0.25) is 0 Å². The van der Waals surface area contributed by atoms with Gasteiger partial charge in [-0.2, -0.15) is 4.31 Å². The van der Waals surface area contributed by atoms with Gasteiger partial charge < -0.3 is 26.2 Å². The number of aliphatic hydroxyl groups excluding tert-OH is 1. The molecule has 196 valence electrons. The lowest BCUT2D eigenvalue weighted by atomic mass is 10.0. The van der Waals surface area contributed by atoms with Gasteiger partial charge in [-0.3, -0.25) is 0 Å². The van der Waals surface area contributed by atoms with Crippen LogP contribution in [0.1, 0.15) is 19.4 Å². The average molecular weight is 535 g/mol. The fourth-order valence-electron chi connectivity index (χ4n) is 3.73. The highest BCUT2D eigenvalue weighted by molar-refractivity contribution is 8.03. The molecule has 1 heterocycles. The first-order valence-corrected chi connectivity index (χ1v) is 14.1. The summed E-state index contributed by atoms with van der Waals surface area (Å²) in [6.07, 6.45) is 0.204. The van der Waals surface area contributed by atoms with Crippen molar-refractivity contribution < 1.29 is 23.1 Å². The summed E-state index contributed by atoms with van der Waals surface area (Å²) in [4.78, 5) is 13.5. The van der Waals surface area contributed by atoms with Crippen LogP contribution in [0.4, 0.5) is 10.5 Å². The van der Waals surface area contributed by atoms with E-state index in [0.717, 1.165) is 16.3 Å². The smallest absolute Gasteiger partial charge is 0.407 e. The van der Waals surface area contributed by atoms with Gasteiger partial charge in [-0.05, 0) is 36.1 Å². The van der Waals surface area contributed by atoms with Crippen LogP contribution in [-0.2, 0) is 21.2 Å². The van der Waals surface area contributed by atoms with Crippen molar-refractivity contribution >= 4 is 33.6 Å². The van der Waals surface area contributed by atoms with E-state index in [2.05, 4.69) is 10.6 Å². The number of thioether (sulfide) groups is 1. The number of rotatable bonds is 12. The van der Waals surface area contributed by atoms with E-state index in [1.165, 1.54) is 16.4 Å².